The minimum absolute atomic E-state index is 0.299. The van der Waals surface area contributed by atoms with Gasteiger partial charge in [-0.1, -0.05) is 76.9 Å². The molecule has 0 aromatic carbocycles. The van der Waals surface area contributed by atoms with E-state index in [0.717, 1.165) is 25.7 Å². The van der Waals surface area contributed by atoms with Crippen LogP contribution in [0.1, 0.15) is 110 Å². The van der Waals surface area contributed by atoms with Gasteiger partial charge in [0, 0.05) is 0 Å². The van der Waals surface area contributed by atoms with Gasteiger partial charge in [-0.15, -0.1) is 0 Å². The highest BCUT2D eigenvalue weighted by Gasteiger charge is 2.36. The van der Waals surface area contributed by atoms with Crippen LogP contribution in [0.4, 0.5) is 0 Å². The quantitative estimate of drug-likeness (QED) is 0.180. The first kappa shape index (κ1) is 24.7. The maximum absolute atomic E-state index is 12.2. The van der Waals surface area contributed by atoms with Crippen molar-refractivity contribution in [2.45, 2.75) is 110 Å². The molecule has 0 aliphatic heterocycles. The van der Waals surface area contributed by atoms with E-state index < -0.39 is 17.8 Å². The summed E-state index contributed by atoms with van der Waals surface area (Å²) in [6.45, 7) is 2.68. The first-order valence-electron chi connectivity index (χ1n) is 11.7. The minimum Gasteiger partial charge on any atom is -0.481 e. The Morgan fingerprint density at radius 1 is 0.821 bits per heavy atom. The standard InChI is InChI=1S/C24H42O4/c1-2-3-4-5-6-7-8-9-10-11-12-13-14-17-20-28-24(27)22-19-16-15-18-21(22)23(25)26/h8-9,21-22H,2-7,10-20H2,1H3,(H,25,26)/b9-8+. The van der Waals surface area contributed by atoms with Crippen molar-refractivity contribution >= 4 is 11.9 Å². The lowest BCUT2D eigenvalue weighted by atomic mass is 9.79. The van der Waals surface area contributed by atoms with Crippen molar-refractivity contribution < 1.29 is 19.4 Å². The summed E-state index contributed by atoms with van der Waals surface area (Å²) in [5.74, 6) is -2.14. The molecule has 1 fully saturated rings. The molecule has 1 aliphatic rings. The van der Waals surface area contributed by atoms with Crippen LogP contribution in [0.25, 0.3) is 0 Å². The molecular weight excluding hydrogens is 352 g/mol. The molecule has 0 radical (unpaired) electrons. The first-order valence-corrected chi connectivity index (χ1v) is 11.7. The molecule has 0 saturated heterocycles. The van der Waals surface area contributed by atoms with Gasteiger partial charge < -0.3 is 9.84 Å². The fraction of sp³-hybridized carbons (Fsp3) is 0.833. The predicted octanol–water partition coefficient (Wildman–Crippen LogP) is 6.68. The number of hydrogen-bond donors (Lipinski definition) is 1. The second kappa shape index (κ2) is 16.6. The molecule has 1 rings (SSSR count). The summed E-state index contributed by atoms with van der Waals surface area (Å²) < 4.78 is 5.36. The predicted molar refractivity (Wildman–Crippen MR) is 114 cm³/mol. The van der Waals surface area contributed by atoms with E-state index in [4.69, 9.17) is 4.74 Å². The van der Waals surface area contributed by atoms with E-state index in [2.05, 4.69) is 19.1 Å². The monoisotopic (exact) mass is 394 g/mol. The van der Waals surface area contributed by atoms with Gasteiger partial charge in [-0.05, 0) is 44.9 Å². The van der Waals surface area contributed by atoms with Crippen LogP contribution in [0.2, 0.25) is 0 Å². The normalized spacial score (nSPS) is 19.8. The Morgan fingerprint density at radius 3 is 1.96 bits per heavy atom. The van der Waals surface area contributed by atoms with E-state index in [-0.39, 0.29) is 5.97 Å². The van der Waals surface area contributed by atoms with E-state index in [1.807, 2.05) is 0 Å². The van der Waals surface area contributed by atoms with Crippen LogP contribution in [0.5, 0.6) is 0 Å². The topological polar surface area (TPSA) is 63.6 Å². The number of carboxylic acids is 1. The number of carbonyl (C=O) groups excluding carboxylic acids is 1. The van der Waals surface area contributed by atoms with Crippen molar-refractivity contribution in [3.8, 4) is 0 Å². The highest BCUT2D eigenvalue weighted by Crippen LogP contribution is 2.31. The molecule has 0 heterocycles. The highest BCUT2D eigenvalue weighted by molar-refractivity contribution is 5.81. The van der Waals surface area contributed by atoms with Gasteiger partial charge in [0.25, 0.3) is 0 Å². The van der Waals surface area contributed by atoms with Gasteiger partial charge in [0.15, 0.2) is 0 Å². The third kappa shape index (κ3) is 11.5. The van der Waals surface area contributed by atoms with Gasteiger partial charge in [-0.3, -0.25) is 9.59 Å². The van der Waals surface area contributed by atoms with Gasteiger partial charge in [-0.25, -0.2) is 0 Å². The van der Waals surface area contributed by atoms with E-state index in [1.165, 1.54) is 64.2 Å². The molecule has 0 aromatic rings. The number of esters is 1. The zero-order chi connectivity index (χ0) is 20.5. The van der Waals surface area contributed by atoms with Crippen molar-refractivity contribution in [2.75, 3.05) is 6.61 Å². The van der Waals surface area contributed by atoms with Crippen LogP contribution < -0.4 is 0 Å². The first-order chi connectivity index (χ1) is 13.7. The molecular formula is C24H42O4. The Morgan fingerprint density at radius 2 is 1.36 bits per heavy atom. The number of allylic oxidation sites excluding steroid dienone is 2. The Labute approximate surface area is 172 Å². The Hall–Kier alpha value is -1.32. The number of carbonyl (C=O) groups is 2. The summed E-state index contributed by atoms with van der Waals surface area (Å²) in [7, 11) is 0. The number of rotatable bonds is 16. The summed E-state index contributed by atoms with van der Waals surface area (Å²) in [6, 6.07) is 0. The average molecular weight is 395 g/mol. The van der Waals surface area contributed by atoms with Crippen LogP contribution in [0.3, 0.4) is 0 Å². The fourth-order valence-electron chi connectivity index (χ4n) is 3.98. The molecule has 4 heteroatoms. The molecule has 28 heavy (non-hydrogen) atoms. The number of aliphatic carboxylic acids is 1. The lowest BCUT2D eigenvalue weighted by Crippen LogP contribution is -2.33. The minimum atomic E-state index is -0.854. The molecule has 2 unspecified atom stereocenters. The van der Waals surface area contributed by atoms with Gasteiger partial charge in [-0.2, -0.15) is 0 Å². The van der Waals surface area contributed by atoms with E-state index in [1.54, 1.807) is 0 Å². The molecule has 0 aromatic heterocycles. The van der Waals surface area contributed by atoms with Gasteiger partial charge in [0.05, 0.1) is 18.4 Å². The molecule has 0 spiro atoms. The van der Waals surface area contributed by atoms with Crippen molar-refractivity contribution in [3.05, 3.63) is 12.2 Å². The Bertz CT molecular complexity index is 444. The maximum atomic E-state index is 12.2. The molecule has 162 valence electrons. The summed E-state index contributed by atoms with van der Waals surface area (Å²) in [6.07, 6.45) is 22.4. The molecule has 4 nitrogen and oxygen atoms in total. The molecule has 1 aliphatic carbocycles. The third-order valence-corrected chi connectivity index (χ3v) is 5.79. The number of hydrogen-bond acceptors (Lipinski definition) is 3. The second-order valence-electron chi connectivity index (χ2n) is 8.23. The largest absolute Gasteiger partial charge is 0.481 e. The molecule has 1 N–H and O–H groups in total. The van der Waals surface area contributed by atoms with Gasteiger partial charge in [0.2, 0.25) is 0 Å². The molecule has 0 bridgehead atoms. The zero-order valence-electron chi connectivity index (χ0n) is 18.0. The number of carboxylic acid groups (broad SMARTS) is 1. The maximum Gasteiger partial charge on any atom is 0.309 e. The van der Waals surface area contributed by atoms with Crippen LogP contribution in [-0.2, 0) is 14.3 Å². The Kier molecular flexibility index (Phi) is 14.7. The third-order valence-electron chi connectivity index (χ3n) is 5.79. The SMILES string of the molecule is CCCCCCC/C=C/CCCCCCCOC(=O)C1CCCCC1C(=O)O. The second-order valence-corrected chi connectivity index (χ2v) is 8.23. The van der Waals surface area contributed by atoms with Gasteiger partial charge in [0.1, 0.15) is 0 Å². The lowest BCUT2D eigenvalue weighted by Gasteiger charge is -2.26. The lowest BCUT2D eigenvalue weighted by molar-refractivity contribution is -0.159. The fourth-order valence-corrected chi connectivity index (χ4v) is 3.98. The van der Waals surface area contributed by atoms with E-state index >= 15 is 0 Å². The summed E-state index contributed by atoms with van der Waals surface area (Å²) >= 11 is 0. The average Bonchev–Trinajstić information content (AvgIpc) is 2.70. The van der Waals surface area contributed by atoms with Crippen LogP contribution >= 0.6 is 0 Å². The van der Waals surface area contributed by atoms with E-state index in [9.17, 15) is 14.7 Å². The van der Waals surface area contributed by atoms with Crippen LogP contribution in [-0.4, -0.2) is 23.7 Å². The van der Waals surface area contributed by atoms with Crippen molar-refractivity contribution in [1.82, 2.24) is 0 Å². The molecule has 0 amide bonds. The number of ether oxygens (including phenoxy) is 1. The van der Waals surface area contributed by atoms with Crippen molar-refractivity contribution in [2.24, 2.45) is 11.8 Å². The molecule has 2 atom stereocenters. The van der Waals surface area contributed by atoms with E-state index in [0.29, 0.717) is 19.4 Å². The van der Waals surface area contributed by atoms with Crippen molar-refractivity contribution in [3.63, 3.8) is 0 Å². The summed E-state index contributed by atoms with van der Waals surface area (Å²) in [5.41, 5.74) is 0. The van der Waals surface area contributed by atoms with Crippen LogP contribution in [0, 0.1) is 11.8 Å². The smallest absolute Gasteiger partial charge is 0.309 e. The van der Waals surface area contributed by atoms with Gasteiger partial charge >= 0.3 is 11.9 Å². The van der Waals surface area contributed by atoms with Crippen LogP contribution in [0.15, 0.2) is 12.2 Å². The summed E-state index contributed by atoms with van der Waals surface area (Å²) in [5, 5.41) is 9.25. The Balaban J connectivity index is 1.93. The number of unbranched alkanes of at least 4 members (excludes halogenated alkanes) is 10. The zero-order valence-corrected chi connectivity index (χ0v) is 18.0. The highest BCUT2D eigenvalue weighted by atomic mass is 16.5. The summed E-state index contributed by atoms with van der Waals surface area (Å²) in [4.78, 5) is 23.4. The van der Waals surface area contributed by atoms with Crippen molar-refractivity contribution in [1.29, 1.82) is 0 Å². The molecule has 1 saturated carbocycles.